The molecular formula is C24H25N5O3S. The van der Waals surface area contributed by atoms with Crippen LogP contribution in [0.2, 0.25) is 0 Å². The molecule has 0 radical (unpaired) electrons. The molecule has 2 aromatic heterocycles. The summed E-state index contributed by atoms with van der Waals surface area (Å²) < 4.78 is 29.5. The Morgan fingerprint density at radius 1 is 1.00 bits per heavy atom. The Labute approximate surface area is 192 Å². The van der Waals surface area contributed by atoms with E-state index in [1.165, 1.54) is 24.5 Å². The second-order valence-electron chi connectivity index (χ2n) is 7.65. The number of amides is 1. The quantitative estimate of drug-likeness (QED) is 0.397. The number of benzene rings is 2. The number of aromatic nitrogens is 3. The maximum atomic E-state index is 13.2. The minimum atomic E-state index is -3.84. The average molecular weight is 464 g/mol. The predicted octanol–water partition coefficient (Wildman–Crippen LogP) is 4.59. The Morgan fingerprint density at radius 3 is 2.39 bits per heavy atom. The number of unbranched alkanes of at least 4 members (excludes halogenated alkanes) is 1. The van der Waals surface area contributed by atoms with Gasteiger partial charge in [-0.2, -0.15) is 0 Å². The first kappa shape index (κ1) is 22.5. The third-order valence-corrected chi connectivity index (χ3v) is 6.73. The third-order valence-electron chi connectivity index (χ3n) is 5.39. The fraction of sp³-hybridized carbons (Fsp3) is 0.208. The highest BCUT2D eigenvalue weighted by Crippen LogP contribution is 2.27. The third kappa shape index (κ3) is 4.73. The van der Waals surface area contributed by atoms with Gasteiger partial charge in [-0.1, -0.05) is 31.5 Å². The Bertz CT molecular complexity index is 1380. The first-order valence-corrected chi connectivity index (χ1v) is 12.2. The molecule has 0 aliphatic rings. The number of carbonyl (C=O) groups excluding carboxylic acids is 1. The molecule has 4 rings (SSSR count). The molecule has 0 aliphatic heterocycles. The molecule has 0 unspecified atom stereocenters. The molecule has 2 aromatic carbocycles. The molecule has 0 saturated carbocycles. The van der Waals surface area contributed by atoms with Gasteiger partial charge in [0.1, 0.15) is 5.69 Å². The normalized spacial score (nSPS) is 11.5. The standard InChI is InChI=1S/C24H25N5O3S/c1-3-4-16-29-21-9-6-5-8-20(21)17(2)22(29)23(30)27-18-10-12-19(13-11-18)33(31,32)28-24-25-14-7-15-26-24/h5-15H,3-4,16H2,1-2H3,(H,27,30)(H,25,26,28). The summed E-state index contributed by atoms with van der Waals surface area (Å²) in [7, 11) is -3.84. The van der Waals surface area contributed by atoms with Crippen molar-refractivity contribution in [1.82, 2.24) is 14.5 Å². The summed E-state index contributed by atoms with van der Waals surface area (Å²) in [5.74, 6) is -0.239. The van der Waals surface area contributed by atoms with Crippen molar-refractivity contribution in [3.8, 4) is 0 Å². The van der Waals surface area contributed by atoms with E-state index >= 15 is 0 Å². The molecule has 8 nitrogen and oxygen atoms in total. The van der Waals surface area contributed by atoms with Crippen LogP contribution in [0.25, 0.3) is 10.9 Å². The van der Waals surface area contributed by atoms with Crippen LogP contribution in [-0.4, -0.2) is 28.9 Å². The molecule has 170 valence electrons. The van der Waals surface area contributed by atoms with Crippen molar-refractivity contribution < 1.29 is 13.2 Å². The second-order valence-corrected chi connectivity index (χ2v) is 9.33. The smallest absolute Gasteiger partial charge is 0.272 e. The zero-order valence-corrected chi connectivity index (χ0v) is 19.3. The van der Waals surface area contributed by atoms with E-state index in [2.05, 4.69) is 31.5 Å². The van der Waals surface area contributed by atoms with E-state index in [-0.39, 0.29) is 16.8 Å². The van der Waals surface area contributed by atoms with Gasteiger partial charge in [-0.05, 0) is 55.3 Å². The highest BCUT2D eigenvalue weighted by Gasteiger charge is 2.21. The number of carbonyl (C=O) groups is 1. The number of rotatable bonds is 8. The average Bonchev–Trinajstić information content (AvgIpc) is 3.10. The second kappa shape index (κ2) is 9.41. The Hall–Kier alpha value is -3.72. The van der Waals surface area contributed by atoms with Crippen LogP contribution in [0.1, 0.15) is 35.8 Å². The summed E-state index contributed by atoms with van der Waals surface area (Å²) >= 11 is 0. The molecule has 0 aliphatic carbocycles. The number of nitrogens with zero attached hydrogens (tertiary/aromatic N) is 3. The molecule has 0 fully saturated rings. The van der Waals surface area contributed by atoms with Crippen LogP contribution >= 0.6 is 0 Å². The number of aryl methyl sites for hydroxylation is 2. The van der Waals surface area contributed by atoms with E-state index in [1.54, 1.807) is 18.2 Å². The van der Waals surface area contributed by atoms with Crippen LogP contribution in [0.5, 0.6) is 0 Å². The highest BCUT2D eigenvalue weighted by atomic mass is 32.2. The topological polar surface area (TPSA) is 106 Å². The molecule has 2 N–H and O–H groups in total. The largest absolute Gasteiger partial charge is 0.336 e. The summed E-state index contributed by atoms with van der Waals surface area (Å²) in [4.78, 5) is 21.0. The molecule has 2 heterocycles. The molecule has 0 bridgehead atoms. The zero-order chi connectivity index (χ0) is 23.4. The molecular weight excluding hydrogens is 438 g/mol. The van der Waals surface area contributed by atoms with Gasteiger partial charge >= 0.3 is 0 Å². The van der Waals surface area contributed by atoms with Crippen LogP contribution < -0.4 is 10.0 Å². The van der Waals surface area contributed by atoms with E-state index in [4.69, 9.17) is 0 Å². The molecule has 0 atom stereocenters. The van der Waals surface area contributed by atoms with Gasteiger partial charge in [0, 0.05) is 35.5 Å². The van der Waals surface area contributed by atoms with Crippen LogP contribution in [-0.2, 0) is 16.6 Å². The van der Waals surface area contributed by atoms with Gasteiger partial charge in [0.05, 0.1) is 4.90 Å². The maximum Gasteiger partial charge on any atom is 0.272 e. The van der Waals surface area contributed by atoms with Crippen molar-refractivity contribution in [1.29, 1.82) is 0 Å². The SMILES string of the molecule is CCCCn1c(C(=O)Nc2ccc(S(=O)(=O)Nc3ncccn3)cc2)c(C)c2ccccc21. The number of fused-ring (bicyclic) bond motifs is 1. The minimum absolute atomic E-state index is 0.00902. The Balaban J connectivity index is 1.57. The van der Waals surface area contributed by atoms with Crippen LogP contribution in [0, 0.1) is 6.92 Å². The van der Waals surface area contributed by atoms with Crippen molar-refractivity contribution in [2.45, 2.75) is 38.1 Å². The first-order valence-electron chi connectivity index (χ1n) is 10.7. The number of hydrogen-bond donors (Lipinski definition) is 2. The van der Waals surface area contributed by atoms with Gasteiger partial charge in [-0.25, -0.2) is 23.1 Å². The molecule has 0 saturated heterocycles. The lowest BCUT2D eigenvalue weighted by molar-refractivity contribution is 0.101. The van der Waals surface area contributed by atoms with Gasteiger partial charge in [-0.15, -0.1) is 0 Å². The fourth-order valence-corrected chi connectivity index (χ4v) is 4.71. The molecule has 1 amide bonds. The summed E-state index contributed by atoms with van der Waals surface area (Å²) in [5, 5.41) is 3.96. The molecule has 9 heteroatoms. The molecule has 0 spiro atoms. The van der Waals surface area contributed by atoms with Gasteiger partial charge in [0.15, 0.2) is 0 Å². The van der Waals surface area contributed by atoms with Gasteiger partial charge in [0.2, 0.25) is 5.95 Å². The molecule has 33 heavy (non-hydrogen) atoms. The number of hydrogen-bond acceptors (Lipinski definition) is 5. The lowest BCUT2D eigenvalue weighted by atomic mass is 10.1. The van der Waals surface area contributed by atoms with E-state index in [1.807, 2.05) is 31.2 Å². The van der Waals surface area contributed by atoms with Crippen molar-refractivity contribution in [2.24, 2.45) is 0 Å². The van der Waals surface area contributed by atoms with E-state index < -0.39 is 10.0 Å². The van der Waals surface area contributed by atoms with E-state index in [0.29, 0.717) is 11.4 Å². The van der Waals surface area contributed by atoms with Crippen molar-refractivity contribution in [3.05, 3.63) is 78.2 Å². The summed E-state index contributed by atoms with van der Waals surface area (Å²) in [6.07, 6.45) is 4.88. The Kier molecular flexibility index (Phi) is 6.41. The van der Waals surface area contributed by atoms with Crippen LogP contribution in [0.15, 0.2) is 71.9 Å². The lowest BCUT2D eigenvalue weighted by Gasteiger charge is -2.12. The summed E-state index contributed by atoms with van der Waals surface area (Å²) in [6.45, 7) is 4.82. The van der Waals surface area contributed by atoms with Gasteiger partial charge in [0.25, 0.3) is 15.9 Å². The Morgan fingerprint density at radius 2 is 1.70 bits per heavy atom. The van der Waals surface area contributed by atoms with Gasteiger partial charge in [-0.3, -0.25) is 4.79 Å². The van der Waals surface area contributed by atoms with Crippen molar-refractivity contribution >= 4 is 38.5 Å². The predicted molar refractivity (Wildman–Crippen MR) is 129 cm³/mol. The lowest BCUT2D eigenvalue weighted by Crippen LogP contribution is -2.19. The van der Waals surface area contributed by atoms with Gasteiger partial charge < -0.3 is 9.88 Å². The monoisotopic (exact) mass is 463 g/mol. The van der Waals surface area contributed by atoms with Crippen molar-refractivity contribution in [3.63, 3.8) is 0 Å². The van der Waals surface area contributed by atoms with E-state index in [9.17, 15) is 13.2 Å². The number of nitrogens with one attached hydrogen (secondary N) is 2. The first-order chi connectivity index (χ1) is 15.9. The van der Waals surface area contributed by atoms with Crippen LogP contribution in [0.3, 0.4) is 0 Å². The molecule has 4 aromatic rings. The number of para-hydroxylation sites is 1. The highest BCUT2D eigenvalue weighted by molar-refractivity contribution is 7.92. The zero-order valence-electron chi connectivity index (χ0n) is 18.4. The number of anilines is 2. The van der Waals surface area contributed by atoms with Crippen LogP contribution in [0.4, 0.5) is 11.6 Å². The summed E-state index contributed by atoms with van der Waals surface area (Å²) in [5.41, 5.74) is 3.07. The minimum Gasteiger partial charge on any atom is -0.336 e. The van der Waals surface area contributed by atoms with E-state index in [0.717, 1.165) is 35.9 Å². The van der Waals surface area contributed by atoms with Crippen molar-refractivity contribution in [2.75, 3.05) is 10.0 Å². The number of sulfonamides is 1. The maximum absolute atomic E-state index is 13.2. The fourth-order valence-electron chi connectivity index (χ4n) is 3.76. The summed E-state index contributed by atoms with van der Waals surface area (Å²) in [6, 6.07) is 15.6.